The van der Waals surface area contributed by atoms with Gasteiger partial charge in [0.1, 0.15) is 6.04 Å². The van der Waals surface area contributed by atoms with Crippen LogP contribution in [0.25, 0.3) is 0 Å². The van der Waals surface area contributed by atoms with Crippen LogP contribution in [0.5, 0.6) is 0 Å². The van der Waals surface area contributed by atoms with E-state index in [4.69, 9.17) is 4.84 Å². The zero-order valence-electron chi connectivity index (χ0n) is 16.7. The molecule has 0 bridgehead atoms. The van der Waals surface area contributed by atoms with Gasteiger partial charge in [-0.25, -0.2) is 9.78 Å². The Morgan fingerprint density at radius 2 is 1.79 bits per heavy atom. The van der Waals surface area contributed by atoms with E-state index in [0.29, 0.717) is 10.8 Å². The number of nitrogens with zero attached hydrogens (tertiary/aromatic N) is 5. The highest BCUT2D eigenvalue weighted by Crippen LogP contribution is 2.13. The molecule has 3 amide bonds. The van der Waals surface area contributed by atoms with Crippen molar-refractivity contribution in [1.82, 2.24) is 29.7 Å². The average molecular weight is 406 g/mol. The molecule has 1 N–H and O–H groups in total. The minimum atomic E-state index is -1.06. The van der Waals surface area contributed by atoms with Gasteiger partial charge in [-0.05, 0) is 7.05 Å². The molecule has 2 aliphatic heterocycles. The van der Waals surface area contributed by atoms with Crippen molar-refractivity contribution in [1.29, 1.82) is 0 Å². The molecule has 2 saturated heterocycles. The second kappa shape index (κ2) is 9.14. The summed E-state index contributed by atoms with van der Waals surface area (Å²) in [6, 6.07) is -1.06. The summed E-state index contributed by atoms with van der Waals surface area (Å²) in [7, 11) is 3.81. The minimum absolute atomic E-state index is 0.00673. The predicted molar refractivity (Wildman–Crippen MR) is 100.0 cm³/mol. The van der Waals surface area contributed by atoms with Crippen LogP contribution in [0.4, 0.5) is 0 Å². The molecule has 11 heteroatoms. The Balaban J connectivity index is 1.63. The monoisotopic (exact) mass is 406 g/mol. The van der Waals surface area contributed by atoms with Crippen molar-refractivity contribution in [3.8, 4) is 0 Å². The molecule has 1 atom stereocenters. The Morgan fingerprint density at radius 3 is 2.38 bits per heavy atom. The summed E-state index contributed by atoms with van der Waals surface area (Å²) in [4.78, 5) is 62.0. The van der Waals surface area contributed by atoms with E-state index in [9.17, 15) is 19.2 Å². The molecule has 0 aliphatic carbocycles. The number of imidazole rings is 1. The molecule has 11 nitrogen and oxygen atoms in total. The summed E-state index contributed by atoms with van der Waals surface area (Å²) >= 11 is 0. The fraction of sp³-hybridized carbons (Fsp3) is 0.611. The lowest BCUT2D eigenvalue weighted by Crippen LogP contribution is -2.52. The maximum atomic E-state index is 12.6. The normalized spacial score (nSPS) is 19.4. The number of rotatable bonds is 7. The van der Waals surface area contributed by atoms with Crippen molar-refractivity contribution in [3.63, 3.8) is 0 Å². The first-order valence-corrected chi connectivity index (χ1v) is 9.56. The number of aromatic nitrogens is 2. The van der Waals surface area contributed by atoms with Gasteiger partial charge in [0, 0.05) is 58.7 Å². The second-order valence-electron chi connectivity index (χ2n) is 7.43. The maximum absolute atomic E-state index is 12.6. The summed E-state index contributed by atoms with van der Waals surface area (Å²) in [5.41, 5.74) is 0.577. The van der Waals surface area contributed by atoms with Gasteiger partial charge in [-0.1, -0.05) is 0 Å². The fourth-order valence-corrected chi connectivity index (χ4v) is 3.24. The fourth-order valence-electron chi connectivity index (χ4n) is 3.24. The van der Waals surface area contributed by atoms with Crippen molar-refractivity contribution in [2.24, 2.45) is 7.05 Å². The first-order valence-electron chi connectivity index (χ1n) is 9.56. The third-order valence-corrected chi connectivity index (χ3v) is 4.94. The first kappa shape index (κ1) is 20.9. The number of piperazine rings is 1. The van der Waals surface area contributed by atoms with Crippen LogP contribution in [0.2, 0.25) is 0 Å². The number of carbonyl (C=O) groups excluding carboxylic acids is 4. The SMILES string of the molecule is CN1CCN(CC(=O)N[C@@H](Cc2cn(C)cn2)C(=O)ON2C(=O)CCC2=O)CC1. The number of hydroxylamine groups is 2. The molecule has 0 unspecified atom stereocenters. The van der Waals surface area contributed by atoms with Crippen LogP contribution in [0, 0.1) is 0 Å². The minimum Gasteiger partial charge on any atom is -0.341 e. The van der Waals surface area contributed by atoms with Crippen LogP contribution in [0.3, 0.4) is 0 Å². The Hall–Kier alpha value is -2.79. The molecular weight excluding hydrogens is 380 g/mol. The number of amides is 3. The summed E-state index contributed by atoms with van der Waals surface area (Å²) in [5.74, 6) is -2.33. The maximum Gasteiger partial charge on any atom is 0.355 e. The zero-order valence-corrected chi connectivity index (χ0v) is 16.7. The molecule has 1 aromatic heterocycles. The van der Waals surface area contributed by atoms with Gasteiger partial charge in [0.2, 0.25) is 5.91 Å². The van der Waals surface area contributed by atoms with E-state index in [1.165, 1.54) is 0 Å². The lowest BCUT2D eigenvalue weighted by Gasteiger charge is -2.32. The number of nitrogens with one attached hydrogen (secondary N) is 1. The van der Waals surface area contributed by atoms with Crippen molar-refractivity contribution in [2.75, 3.05) is 39.8 Å². The largest absolute Gasteiger partial charge is 0.355 e. The van der Waals surface area contributed by atoms with Crippen LogP contribution in [0.15, 0.2) is 12.5 Å². The van der Waals surface area contributed by atoms with Crippen molar-refractivity contribution in [3.05, 3.63) is 18.2 Å². The van der Waals surface area contributed by atoms with E-state index in [-0.39, 0.29) is 31.7 Å². The molecule has 0 saturated carbocycles. The van der Waals surface area contributed by atoms with Gasteiger partial charge in [0.15, 0.2) is 0 Å². The number of aryl methyl sites for hydroxylation is 1. The third-order valence-electron chi connectivity index (χ3n) is 4.94. The molecule has 0 radical (unpaired) electrons. The molecule has 3 rings (SSSR count). The predicted octanol–water partition coefficient (Wildman–Crippen LogP) is -1.70. The van der Waals surface area contributed by atoms with Crippen LogP contribution in [-0.2, 0) is 37.5 Å². The number of carbonyl (C=O) groups is 4. The summed E-state index contributed by atoms with van der Waals surface area (Å²) < 4.78 is 1.72. The molecule has 2 fully saturated rings. The first-order chi connectivity index (χ1) is 13.8. The molecule has 29 heavy (non-hydrogen) atoms. The van der Waals surface area contributed by atoms with E-state index in [2.05, 4.69) is 15.2 Å². The van der Waals surface area contributed by atoms with E-state index in [1.54, 1.807) is 24.1 Å². The quantitative estimate of drug-likeness (QED) is 0.533. The molecule has 3 heterocycles. The lowest BCUT2D eigenvalue weighted by molar-refractivity contribution is -0.199. The highest BCUT2D eigenvalue weighted by Gasteiger charge is 2.35. The van der Waals surface area contributed by atoms with Crippen molar-refractivity contribution in [2.45, 2.75) is 25.3 Å². The van der Waals surface area contributed by atoms with Gasteiger partial charge in [0.25, 0.3) is 11.8 Å². The topological polar surface area (TPSA) is 117 Å². The van der Waals surface area contributed by atoms with Crippen LogP contribution < -0.4 is 5.32 Å². The number of imide groups is 1. The van der Waals surface area contributed by atoms with E-state index in [1.807, 2.05) is 11.9 Å². The molecule has 0 aromatic carbocycles. The molecular formula is C18H26N6O5. The molecule has 158 valence electrons. The van der Waals surface area contributed by atoms with E-state index >= 15 is 0 Å². The highest BCUT2D eigenvalue weighted by atomic mass is 16.7. The third kappa shape index (κ3) is 5.61. The van der Waals surface area contributed by atoms with Gasteiger partial charge < -0.3 is 19.6 Å². The Bertz CT molecular complexity index is 769. The van der Waals surface area contributed by atoms with Gasteiger partial charge in [-0.2, -0.15) is 0 Å². The smallest absolute Gasteiger partial charge is 0.341 e. The average Bonchev–Trinajstić information content (AvgIpc) is 3.22. The van der Waals surface area contributed by atoms with Crippen molar-refractivity contribution >= 4 is 23.7 Å². The summed E-state index contributed by atoms with van der Waals surface area (Å²) in [6.07, 6.45) is 3.40. The number of hydrogen-bond acceptors (Lipinski definition) is 8. The van der Waals surface area contributed by atoms with Gasteiger partial charge in [-0.3, -0.25) is 19.3 Å². The standard InChI is InChI=1S/C18H26N6O5/c1-21-5-7-23(8-6-21)11-15(25)20-14(9-13-10-22(2)12-19-13)18(28)29-24-16(26)3-4-17(24)27/h10,12,14H,3-9,11H2,1-2H3,(H,20,25)/t14-/m0/s1. The Morgan fingerprint density at radius 1 is 1.14 bits per heavy atom. The van der Waals surface area contributed by atoms with Gasteiger partial charge in [-0.15, -0.1) is 5.06 Å². The number of likely N-dealkylation sites (N-methyl/N-ethyl adjacent to an activating group) is 1. The second-order valence-corrected chi connectivity index (χ2v) is 7.43. The summed E-state index contributed by atoms with van der Waals surface area (Å²) in [6.45, 7) is 3.41. The molecule has 0 spiro atoms. The number of hydrogen-bond donors (Lipinski definition) is 1. The molecule has 2 aliphatic rings. The van der Waals surface area contributed by atoms with Gasteiger partial charge in [0.05, 0.1) is 18.6 Å². The van der Waals surface area contributed by atoms with Crippen molar-refractivity contribution < 1.29 is 24.0 Å². The highest BCUT2D eigenvalue weighted by molar-refractivity contribution is 6.02. The zero-order chi connectivity index (χ0) is 21.0. The van der Waals surface area contributed by atoms with Crippen LogP contribution >= 0.6 is 0 Å². The molecule has 1 aromatic rings. The van der Waals surface area contributed by atoms with Crippen LogP contribution in [0.1, 0.15) is 18.5 Å². The van der Waals surface area contributed by atoms with Crippen LogP contribution in [-0.4, -0.2) is 93.9 Å². The van der Waals surface area contributed by atoms with E-state index < -0.39 is 23.8 Å². The van der Waals surface area contributed by atoms with E-state index in [0.717, 1.165) is 26.2 Å². The Kier molecular flexibility index (Phi) is 6.60. The lowest BCUT2D eigenvalue weighted by atomic mass is 10.1. The Labute approximate surface area is 168 Å². The van der Waals surface area contributed by atoms with Gasteiger partial charge >= 0.3 is 5.97 Å². The summed E-state index contributed by atoms with van der Waals surface area (Å²) in [5, 5.41) is 3.16.